The number of aliphatic hydroxyl groups excluding tert-OH is 2. The standard InChI is InChI=1S/C9H10F2O2/c1-5(12)9(13)6-3-2-4-7(10)8(6)11/h2-5,9,12-13H,1H3. The van der Waals surface area contributed by atoms with Gasteiger partial charge in [-0.05, 0) is 13.0 Å². The summed E-state index contributed by atoms with van der Waals surface area (Å²) in [5.74, 6) is -2.15. The van der Waals surface area contributed by atoms with Crippen molar-refractivity contribution in [3.8, 4) is 0 Å². The second-order valence-electron chi connectivity index (χ2n) is 2.83. The molecule has 0 saturated heterocycles. The molecule has 0 bridgehead atoms. The monoisotopic (exact) mass is 188 g/mol. The van der Waals surface area contributed by atoms with Crippen molar-refractivity contribution in [2.24, 2.45) is 0 Å². The molecule has 72 valence electrons. The Balaban J connectivity index is 3.07. The fourth-order valence-corrected chi connectivity index (χ4v) is 1.01. The number of halogens is 2. The van der Waals surface area contributed by atoms with Gasteiger partial charge in [-0.15, -0.1) is 0 Å². The van der Waals surface area contributed by atoms with Crippen LogP contribution in [0, 0.1) is 11.6 Å². The van der Waals surface area contributed by atoms with Crippen molar-refractivity contribution in [1.29, 1.82) is 0 Å². The summed E-state index contributed by atoms with van der Waals surface area (Å²) in [5, 5.41) is 18.2. The minimum absolute atomic E-state index is 0.227. The van der Waals surface area contributed by atoms with E-state index >= 15 is 0 Å². The molecule has 0 spiro atoms. The molecule has 1 aromatic carbocycles. The lowest BCUT2D eigenvalue weighted by Gasteiger charge is -2.14. The van der Waals surface area contributed by atoms with E-state index in [9.17, 15) is 13.9 Å². The summed E-state index contributed by atoms with van der Waals surface area (Å²) in [6, 6.07) is 3.46. The van der Waals surface area contributed by atoms with Crippen LogP contribution in [0.5, 0.6) is 0 Å². The maximum atomic E-state index is 13.0. The van der Waals surface area contributed by atoms with Gasteiger partial charge in [-0.3, -0.25) is 0 Å². The Bertz CT molecular complexity index is 300. The van der Waals surface area contributed by atoms with E-state index in [4.69, 9.17) is 5.11 Å². The summed E-state index contributed by atoms with van der Waals surface area (Å²) in [7, 11) is 0. The highest BCUT2D eigenvalue weighted by atomic mass is 19.2. The quantitative estimate of drug-likeness (QED) is 0.736. The second kappa shape index (κ2) is 3.81. The molecule has 0 aromatic heterocycles. The zero-order valence-corrected chi connectivity index (χ0v) is 7.04. The van der Waals surface area contributed by atoms with Crippen LogP contribution in [0.15, 0.2) is 18.2 Å². The van der Waals surface area contributed by atoms with Crippen LogP contribution in [0.3, 0.4) is 0 Å². The maximum absolute atomic E-state index is 13.0. The second-order valence-corrected chi connectivity index (χ2v) is 2.83. The lowest BCUT2D eigenvalue weighted by atomic mass is 10.0. The third kappa shape index (κ3) is 2.02. The number of hydrogen-bond donors (Lipinski definition) is 2. The average molecular weight is 188 g/mol. The molecule has 1 aromatic rings. The highest BCUT2D eigenvalue weighted by molar-refractivity contribution is 5.21. The first-order chi connectivity index (χ1) is 6.04. The van der Waals surface area contributed by atoms with Crippen LogP contribution in [-0.2, 0) is 0 Å². The van der Waals surface area contributed by atoms with Crippen LogP contribution in [0.1, 0.15) is 18.6 Å². The normalized spacial score (nSPS) is 15.5. The van der Waals surface area contributed by atoms with Gasteiger partial charge in [0.15, 0.2) is 11.6 Å². The number of hydrogen-bond acceptors (Lipinski definition) is 2. The van der Waals surface area contributed by atoms with Gasteiger partial charge in [0.05, 0.1) is 6.10 Å². The van der Waals surface area contributed by atoms with Crippen molar-refractivity contribution in [2.45, 2.75) is 19.1 Å². The SMILES string of the molecule is CC(O)C(O)c1cccc(F)c1F. The molecule has 1 rings (SSSR count). The smallest absolute Gasteiger partial charge is 0.164 e. The first-order valence-corrected chi connectivity index (χ1v) is 3.84. The van der Waals surface area contributed by atoms with Crippen molar-refractivity contribution < 1.29 is 19.0 Å². The Kier molecular flexibility index (Phi) is 2.95. The van der Waals surface area contributed by atoms with Crippen molar-refractivity contribution >= 4 is 0 Å². The van der Waals surface area contributed by atoms with Gasteiger partial charge in [0.1, 0.15) is 6.10 Å². The molecule has 0 fully saturated rings. The maximum Gasteiger partial charge on any atom is 0.164 e. The molecule has 0 heterocycles. The van der Waals surface area contributed by atoms with Crippen LogP contribution < -0.4 is 0 Å². The summed E-state index contributed by atoms with van der Waals surface area (Å²) in [6.07, 6.45) is -2.52. The Morgan fingerprint density at radius 1 is 1.23 bits per heavy atom. The Hall–Kier alpha value is -1.00. The molecule has 13 heavy (non-hydrogen) atoms. The molecule has 4 heteroatoms. The summed E-state index contributed by atoms with van der Waals surface area (Å²) in [6.45, 7) is 1.30. The first kappa shape index (κ1) is 10.1. The van der Waals surface area contributed by atoms with E-state index in [1.54, 1.807) is 0 Å². The third-order valence-electron chi connectivity index (χ3n) is 1.76. The summed E-state index contributed by atoms with van der Waals surface area (Å²) in [5.41, 5.74) is -0.227. The lowest BCUT2D eigenvalue weighted by molar-refractivity contribution is 0.0279. The predicted octanol–water partition coefficient (Wildman–Crippen LogP) is 1.38. The molecule has 0 amide bonds. The van der Waals surface area contributed by atoms with Crippen molar-refractivity contribution in [3.05, 3.63) is 35.4 Å². The van der Waals surface area contributed by atoms with Crippen LogP contribution in [0.2, 0.25) is 0 Å². The highest BCUT2D eigenvalue weighted by Gasteiger charge is 2.19. The van der Waals surface area contributed by atoms with Gasteiger partial charge in [-0.25, -0.2) is 8.78 Å². The van der Waals surface area contributed by atoms with Crippen molar-refractivity contribution in [2.75, 3.05) is 0 Å². The largest absolute Gasteiger partial charge is 0.390 e. The number of rotatable bonds is 2. The van der Waals surface area contributed by atoms with Crippen LogP contribution in [-0.4, -0.2) is 16.3 Å². The van der Waals surface area contributed by atoms with Gasteiger partial charge >= 0.3 is 0 Å². The van der Waals surface area contributed by atoms with E-state index in [0.717, 1.165) is 6.07 Å². The van der Waals surface area contributed by atoms with Gasteiger partial charge in [-0.2, -0.15) is 0 Å². The predicted molar refractivity (Wildman–Crippen MR) is 43.0 cm³/mol. The van der Waals surface area contributed by atoms with E-state index in [1.165, 1.54) is 19.1 Å². The molecule has 0 aliphatic heterocycles. The zero-order valence-electron chi connectivity index (χ0n) is 7.04. The fraction of sp³-hybridized carbons (Fsp3) is 0.333. The fourth-order valence-electron chi connectivity index (χ4n) is 1.01. The molecule has 2 N–H and O–H groups in total. The average Bonchev–Trinajstić information content (AvgIpc) is 2.08. The van der Waals surface area contributed by atoms with Gasteiger partial charge < -0.3 is 10.2 Å². The molecule has 2 unspecified atom stereocenters. The minimum Gasteiger partial charge on any atom is -0.390 e. The van der Waals surface area contributed by atoms with Gasteiger partial charge in [0.2, 0.25) is 0 Å². The first-order valence-electron chi connectivity index (χ1n) is 3.84. The Labute approximate surface area is 74.4 Å². The van der Waals surface area contributed by atoms with Crippen molar-refractivity contribution in [1.82, 2.24) is 0 Å². The molecule has 0 aliphatic carbocycles. The van der Waals surface area contributed by atoms with E-state index in [-0.39, 0.29) is 5.56 Å². The summed E-state index contributed by atoms with van der Waals surface area (Å²) in [4.78, 5) is 0. The van der Waals surface area contributed by atoms with Gasteiger partial charge in [0, 0.05) is 5.56 Å². The Morgan fingerprint density at radius 3 is 2.38 bits per heavy atom. The summed E-state index contributed by atoms with van der Waals surface area (Å²) < 4.78 is 25.6. The van der Waals surface area contributed by atoms with Gasteiger partial charge in [0.25, 0.3) is 0 Å². The Morgan fingerprint density at radius 2 is 1.85 bits per heavy atom. The molecule has 0 saturated carbocycles. The van der Waals surface area contributed by atoms with Crippen molar-refractivity contribution in [3.63, 3.8) is 0 Å². The molecule has 0 radical (unpaired) electrons. The molecule has 2 atom stereocenters. The highest BCUT2D eigenvalue weighted by Crippen LogP contribution is 2.21. The third-order valence-corrected chi connectivity index (χ3v) is 1.76. The van der Waals surface area contributed by atoms with Crippen LogP contribution in [0.4, 0.5) is 8.78 Å². The van der Waals surface area contributed by atoms with Crippen LogP contribution in [0.25, 0.3) is 0 Å². The lowest BCUT2D eigenvalue weighted by Crippen LogP contribution is -2.15. The molecular formula is C9H10F2O2. The number of benzene rings is 1. The minimum atomic E-state index is -1.39. The molecule has 0 aliphatic rings. The van der Waals surface area contributed by atoms with E-state index in [1.807, 2.05) is 0 Å². The van der Waals surface area contributed by atoms with Gasteiger partial charge in [-0.1, -0.05) is 12.1 Å². The number of aliphatic hydroxyl groups is 2. The zero-order chi connectivity index (χ0) is 10.0. The van der Waals surface area contributed by atoms with E-state index in [0.29, 0.717) is 0 Å². The van der Waals surface area contributed by atoms with E-state index < -0.39 is 23.8 Å². The summed E-state index contributed by atoms with van der Waals surface area (Å²) >= 11 is 0. The topological polar surface area (TPSA) is 40.5 Å². The van der Waals surface area contributed by atoms with E-state index in [2.05, 4.69) is 0 Å². The van der Waals surface area contributed by atoms with Crippen LogP contribution >= 0.6 is 0 Å². The molecule has 2 nitrogen and oxygen atoms in total. The molecular weight excluding hydrogens is 178 g/mol.